The molecule has 0 aliphatic heterocycles. The minimum atomic E-state index is -4.60. The molecule has 0 spiro atoms. The van der Waals surface area contributed by atoms with Gasteiger partial charge in [-0.3, -0.25) is 0 Å². The van der Waals surface area contributed by atoms with Crippen molar-refractivity contribution >= 4 is 17.4 Å². The van der Waals surface area contributed by atoms with E-state index in [2.05, 4.69) is 15.0 Å². The van der Waals surface area contributed by atoms with E-state index in [1.54, 1.807) is 18.0 Å². The molecule has 6 nitrogen and oxygen atoms in total. The maximum Gasteiger partial charge on any atom is 0.434 e. The number of alkyl halides is 3. The van der Waals surface area contributed by atoms with Gasteiger partial charge >= 0.3 is 6.18 Å². The van der Waals surface area contributed by atoms with Gasteiger partial charge in [0.1, 0.15) is 11.6 Å². The molecule has 0 aliphatic rings. The fourth-order valence-electron chi connectivity index (χ4n) is 2.80. The van der Waals surface area contributed by atoms with Crippen LogP contribution in [0.2, 0.25) is 5.28 Å². The zero-order valence-corrected chi connectivity index (χ0v) is 16.4. The minimum absolute atomic E-state index is 0.0305. The van der Waals surface area contributed by atoms with Crippen molar-refractivity contribution in [1.82, 2.24) is 19.5 Å². The van der Waals surface area contributed by atoms with Gasteiger partial charge in [-0.1, -0.05) is 6.07 Å². The first kappa shape index (κ1) is 20.8. The molecule has 0 saturated heterocycles. The molecule has 29 heavy (non-hydrogen) atoms. The van der Waals surface area contributed by atoms with Crippen LogP contribution in [0.1, 0.15) is 11.3 Å². The molecule has 0 saturated carbocycles. The number of nitrogens with zero attached hydrogens (tertiary/aromatic N) is 5. The van der Waals surface area contributed by atoms with Crippen LogP contribution in [0.5, 0.6) is 5.75 Å². The van der Waals surface area contributed by atoms with Crippen molar-refractivity contribution < 1.29 is 22.3 Å². The van der Waals surface area contributed by atoms with Crippen LogP contribution in [0.25, 0.3) is 11.4 Å². The Morgan fingerprint density at radius 3 is 2.55 bits per heavy atom. The van der Waals surface area contributed by atoms with E-state index in [-0.39, 0.29) is 23.2 Å². The topological polar surface area (TPSA) is 56.1 Å². The van der Waals surface area contributed by atoms with Crippen molar-refractivity contribution in [2.24, 2.45) is 7.05 Å². The Morgan fingerprint density at radius 2 is 1.97 bits per heavy atom. The van der Waals surface area contributed by atoms with Crippen LogP contribution in [0.4, 0.5) is 23.4 Å². The second-order valence-electron chi connectivity index (χ2n) is 6.26. The van der Waals surface area contributed by atoms with Crippen molar-refractivity contribution in [2.45, 2.75) is 12.7 Å². The lowest BCUT2D eigenvalue weighted by molar-refractivity contribution is -0.140. The molecule has 0 N–H and O–H groups in total. The number of benzene rings is 1. The van der Waals surface area contributed by atoms with Gasteiger partial charge in [-0.05, 0) is 29.3 Å². The van der Waals surface area contributed by atoms with Gasteiger partial charge in [0.25, 0.3) is 0 Å². The fraction of sp³-hybridized carbons (Fsp3) is 0.278. The molecule has 154 valence electrons. The monoisotopic (exact) mass is 429 g/mol. The average Bonchev–Trinajstić information content (AvgIpc) is 3.03. The second-order valence-corrected chi connectivity index (χ2v) is 6.60. The van der Waals surface area contributed by atoms with Crippen LogP contribution in [-0.2, 0) is 19.8 Å². The molecule has 0 radical (unpaired) electrons. The van der Waals surface area contributed by atoms with Crippen LogP contribution < -0.4 is 9.64 Å². The second kappa shape index (κ2) is 7.86. The zero-order chi connectivity index (χ0) is 21.3. The zero-order valence-electron chi connectivity index (χ0n) is 15.6. The van der Waals surface area contributed by atoms with E-state index in [4.69, 9.17) is 16.3 Å². The molecule has 0 aliphatic carbocycles. The number of rotatable bonds is 5. The van der Waals surface area contributed by atoms with Crippen LogP contribution in [-0.4, -0.2) is 33.7 Å². The summed E-state index contributed by atoms with van der Waals surface area (Å²) in [5.41, 5.74) is -0.543. The molecule has 0 amide bonds. The van der Waals surface area contributed by atoms with Crippen molar-refractivity contribution in [1.29, 1.82) is 0 Å². The van der Waals surface area contributed by atoms with Gasteiger partial charge in [0.05, 0.1) is 18.9 Å². The number of imidazole rings is 1. The Hall–Kier alpha value is -2.88. The Bertz CT molecular complexity index is 1040. The van der Waals surface area contributed by atoms with Gasteiger partial charge in [-0.25, -0.2) is 14.4 Å². The number of halogens is 5. The van der Waals surface area contributed by atoms with E-state index in [1.165, 1.54) is 32.5 Å². The van der Waals surface area contributed by atoms with Crippen LogP contribution >= 0.6 is 11.6 Å². The summed E-state index contributed by atoms with van der Waals surface area (Å²) >= 11 is 5.83. The molecular formula is C18H16ClF4N5O. The largest absolute Gasteiger partial charge is 0.491 e. The summed E-state index contributed by atoms with van der Waals surface area (Å²) < 4.78 is 59.6. The number of hydrogen-bond acceptors (Lipinski definition) is 5. The first-order valence-electron chi connectivity index (χ1n) is 8.27. The number of aryl methyl sites for hydroxylation is 1. The fourth-order valence-corrected chi connectivity index (χ4v) is 2.93. The van der Waals surface area contributed by atoms with E-state index >= 15 is 0 Å². The van der Waals surface area contributed by atoms with Gasteiger partial charge in [0, 0.05) is 26.8 Å². The first-order valence-corrected chi connectivity index (χ1v) is 8.65. The van der Waals surface area contributed by atoms with Gasteiger partial charge in [0.2, 0.25) is 5.28 Å². The lowest BCUT2D eigenvalue weighted by atomic mass is 10.1. The van der Waals surface area contributed by atoms with Gasteiger partial charge in [-0.15, -0.1) is 0 Å². The quantitative estimate of drug-likeness (QED) is 0.446. The predicted octanol–water partition coefficient (Wildman–Crippen LogP) is 4.33. The highest BCUT2D eigenvalue weighted by Gasteiger charge is 2.34. The average molecular weight is 430 g/mol. The van der Waals surface area contributed by atoms with Gasteiger partial charge in [0.15, 0.2) is 17.3 Å². The number of hydrogen-bond donors (Lipinski definition) is 0. The van der Waals surface area contributed by atoms with Gasteiger partial charge < -0.3 is 14.2 Å². The van der Waals surface area contributed by atoms with Crippen molar-refractivity contribution in [3.05, 3.63) is 53.0 Å². The molecule has 0 unspecified atom stereocenters. The molecular weight excluding hydrogens is 414 g/mol. The molecule has 0 atom stereocenters. The molecule has 2 aromatic heterocycles. The first-order chi connectivity index (χ1) is 13.6. The standard InChI is InChI=1S/C18H16ClF4N5O/c1-27(16-13(29-3)7-24-17(19)26-16)8-10-4-5-11(12(20)6-10)15-25-14(9-28(15)2)18(21,22)23/h4-7,9H,8H2,1-3H3. The Balaban J connectivity index is 1.87. The summed E-state index contributed by atoms with van der Waals surface area (Å²) in [6.45, 7) is 0.245. The summed E-state index contributed by atoms with van der Waals surface area (Å²) in [5.74, 6) is 0.00239. The van der Waals surface area contributed by atoms with E-state index in [0.29, 0.717) is 17.1 Å². The van der Waals surface area contributed by atoms with Crippen LogP contribution in [0.3, 0.4) is 0 Å². The van der Waals surface area contributed by atoms with E-state index < -0.39 is 17.7 Å². The minimum Gasteiger partial charge on any atom is -0.491 e. The van der Waals surface area contributed by atoms with Crippen molar-refractivity contribution in [3.63, 3.8) is 0 Å². The number of anilines is 1. The summed E-state index contributed by atoms with van der Waals surface area (Å²) in [6.07, 6.45) is -2.36. The van der Waals surface area contributed by atoms with Crippen LogP contribution in [0.15, 0.2) is 30.6 Å². The third-order valence-electron chi connectivity index (χ3n) is 4.15. The normalized spacial score (nSPS) is 11.6. The smallest absolute Gasteiger partial charge is 0.434 e. The highest BCUT2D eigenvalue weighted by molar-refractivity contribution is 6.28. The lowest BCUT2D eigenvalue weighted by Gasteiger charge is -2.20. The Labute approximate surface area is 168 Å². The third-order valence-corrected chi connectivity index (χ3v) is 4.33. The molecule has 3 rings (SSSR count). The summed E-state index contributed by atoms with van der Waals surface area (Å²) in [6, 6.07) is 4.24. The highest BCUT2D eigenvalue weighted by atomic mass is 35.5. The maximum atomic E-state index is 14.7. The summed E-state index contributed by atoms with van der Waals surface area (Å²) in [5, 5.41) is 0.0319. The number of ether oxygens (including phenoxy) is 1. The SMILES string of the molecule is COc1cnc(Cl)nc1N(C)Cc1ccc(-c2nc(C(F)(F)F)cn2C)c(F)c1. The van der Waals surface area contributed by atoms with Crippen molar-refractivity contribution in [2.75, 3.05) is 19.1 Å². The van der Waals surface area contributed by atoms with E-state index in [1.807, 2.05) is 0 Å². The number of aromatic nitrogens is 4. The summed E-state index contributed by atoms with van der Waals surface area (Å²) in [4.78, 5) is 13.2. The van der Waals surface area contributed by atoms with E-state index in [9.17, 15) is 17.6 Å². The highest BCUT2D eigenvalue weighted by Crippen LogP contribution is 2.32. The molecule has 0 fully saturated rings. The van der Waals surface area contributed by atoms with Gasteiger partial charge in [-0.2, -0.15) is 18.2 Å². The predicted molar refractivity (Wildman–Crippen MR) is 99.3 cm³/mol. The molecule has 0 bridgehead atoms. The third kappa shape index (κ3) is 4.42. The van der Waals surface area contributed by atoms with Crippen LogP contribution in [0, 0.1) is 5.82 Å². The molecule has 3 aromatic rings. The molecule has 1 aromatic carbocycles. The van der Waals surface area contributed by atoms with E-state index in [0.717, 1.165) is 10.8 Å². The Morgan fingerprint density at radius 1 is 1.24 bits per heavy atom. The maximum absolute atomic E-state index is 14.7. The Kier molecular flexibility index (Phi) is 5.65. The molecule has 11 heteroatoms. The number of methoxy groups -OCH3 is 1. The lowest BCUT2D eigenvalue weighted by Crippen LogP contribution is -2.19. The summed E-state index contributed by atoms with van der Waals surface area (Å²) in [7, 11) is 4.55. The van der Waals surface area contributed by atoms with Crippen molar-refractivity contribution in [3.8, 4) is 17.1 Å². The molecule has 2 heterocycles.